The van der Waals surface area contributed by atoms with Crippen molar-refractivity contribution in [3.8, 4) is 40.2 Å². The third kappa shape index (κ3) is 15.7. The fourth-order valence-corrected chi connectivity index (χ4v) is 8.30. The first-order chi connectivity index (χ1) is 39.0. The van der Waals surface area contributed by atoms with E-state index in [0.717, 1.165) is 42.5 Å². The van der Waals surface area contributed by atoms with E-state index in [0.29, 0.717) is 6.08 Å². The largest absolute Gasteiger partial charge is 0.506 e. The van der Waals surface area contributed by atoms with E-state index in [1.807, 2.05) is 0 Å². The Labute approximate surface area is 484 Å². The van der Waals surface area contributed by atoms with Gasteiger partial charge in [-0.05, 0) is 101 Å². The predicted octanol–water partition coefficient (Wildman–Crippen LogP) is 14.1. The lowest BCUT2D eigenvalue weighted by Gasteiger charge is -2.28. The average molecular weight is 1290 g/mol. The third-order valence-corrected chi connectivity index (χ3v) is 12.2. The van der Waals surface area contributed by atoms with Crippen molar-refractivity contribution in [3.05, 3.63) is 119 Å². The fourth-order valence-electron chi connectivity index (χ4n) is 7.53. The molecular formula is C52H39Cl4F13O15. The van der Waals surface area contributed by atoms with Gasteiger partial charge in [-0.25, -0.2) is 23.6 Å². The molecule has 0 fully saturated rings. The molecule has 0 aliphatic carbocycles. The van der Waals surface area contributed by atoms with Crippen LogP contribution in [0.2, 0.25) is 20.1 Å². The molecular weight excluding hydrogens is 1250 g/mol. The number of alkyl halides is 12. The van der Waals surface area contributed by atoms with Crippen LogP contribution in [0.3, 0.4) is 0 Å². The molecule has 3 N–H and O–H groups in total. The van der Waals surface area contributed by atoms with Crippen molar-refractivity contribution in [2.45, 2.75) is 76.8 Å². The van der Waals surface area contributed by atoms with Crippen LogP contribution >= 0.6 is 46.4 Å². The molecule has 0 amide bonds. The summed E-state index contributed by atoms with van der Waals surface area (Å²) in [4.78, 5) is 45.4. The van der Waals surface area contributed by atoms with Crippen molar-refractivity contribution in [2.75, 3.05) is 26.4 Å². The summed E-state index contributed by atoms with van der Waals surface area (Å²) in [5.41, 5.74) is -3.63. The second-order valence-corrected chi connectivity index (χ2v) is 18.3. The minimum Gasteiger partial charge on any atom is -0.506 e. The third-order valence-electron chi connectivity index (χ3n) is 11.0. The molecule has 0 saturated heterocycles. The summed E-state index contributed by atoms with van der Waals surface area (Å²) in [7, 11) is 0. The number of halogens is 17. The molecule has 4 heterocycles. The van der Waals surface area contributed by atoms with Crippen molar-refractivity contribution in [2.24, 2.45) is 0 Å². The van der Waals surface area contributed by atoms with Crippen LogP contribution in [0.1, 0.15) is 49.9 Å². The van der Waals surface area contributed by atoms with Crippen molar-refractivity contribution in [1.82, 2.24) is 0 Å². The number of carbonyl (C=O) groups is 4. The molecule has 0 bridgehead atoms. The molecule has 15 nitrogen and oxygen atoms in total. The van der Waals surface area contributed by atoms with E-state index in [4.69, 9.17) is 85.0 Å². The Hall–Kier alpha value is -7.43. The van der Waals surface area contributed by atoms with Gasteiger partial charge < -0.3 is 53.2 Å². The number of rotatable bonds is 10. The van der Waals surface area contributed by atoms with E-state index in [-0.39, 0.29) is 103 Å². The van der Waals surface area contributed by atoms with Gasteiger partial charge in [0.1, 0.15) is 40.2 Å². The number of esters is 2. The van der Waals surface area contributed by atoms with Gasteiger partial charge in [-0.1, -0.05) is 46.4 Å². The molecule has 32 heteroatoms. The highest BCUT2D eigenvalue weighted by Crippen LogP contribution is 2.47. The summed E-state index contributed by atoms with van der Waals surface area (Å²) < 4.78 is 208. The Kier molecular flexibility index (Phi) is 21.7. The number of hydrogen-bond donors (Lipinski definition) is 3. The van der Waals surface area contributed by atoms with Gasteiger partial charge in [-0.3, -0.25) is 0 Å². The first-order valence-corrected chi connectivity index (χ1v) is 25.0. The van der Waals surface area contributed by atoms with Crippen LogP contribution in [-0.2, 0) is 28.7 Å². The van der Waals surface area contributed by atoms with E-state index in [9.17, 15) is 81.4 Å². The number of benzene rings is 4. The summed E-state index contributed by atoms with van der Waals surface area (Å²) in [6.45, 7) is 6.61. The number of aliphatic carboxylic acids is 2. The molecule has 0 spiro atoms. The van der Waals surface area contributed by atoms with Crippen LogP contribution in [0.15, 0.2) is 70.8 Å². The number of carboxylic acid groups (broad SMARTS) is 2. The van der Waals surface area contributed by atoms with Crippen LogP contribution in [-0.4, -0.2) is 115 Å². The minimum atomic E-state index is -4.88. The molecule has 8 rings (SSSR count). The molecule has 84 heavy (non-hydrogen) atoms. The van der Waals surface area contributed by atoms with Crippen LogP contribution in [0.5, 0.6) is 40.2 Å². The fraction of sp³-hybridized carbons (Fsp3) is 0.308. The number of ether oxygens (including phenoxy) is 8. The van der Waals surface area contributed by atoms with Crippen LogP contribution < -0.4 is 28.4 Å². The molecule has 4 aliphatic heterocycles. The molecule has 0 saturated carbocycles. The van der Waals surface area contributed by atoms with Gasteiger partial charge in [0.05, 0.1) is 91.1 Å². The molecule has 4 unspecified atom stereocenters. The maximum Gasteiger partial charge on any atom is 0.430 e. The van der Waals surface area contributed by atoms with Crippen molar-refractivity contribution in [3.63, 3.8) is 0 Å². The molecule has 4 aliphatic rings. The topological polar surface area (TPSA) is 203 Å². The normalized spacial score (nSPS) is 17.6. The maximum absolute atomic E-state index is 13.8. The van der Waals surface area contributed by atoms with Gasteiger partial charge in [-0.15, -0.1) is 0 Å². The van der Waals surface area contributed by atoms with Gasteiger partial charge >= 0.3 is 48.6 Å². The summed E-state index contributed by atoms with van der Waals surface area (Å²) in [6.07, 6.45) is -25.9. The van der Waals surface area contributed by atoms with Gasteiger partial charge in [0.15, 0.2) is 5.82 Å². The van der Waals surface area contributed by atoms with Crippen LogP contribution in [0.4, 0.5) is 57.1 Å². The van der Waals surface area contributed by atoms with Crippen molar-refractivity contribution < 1.29 is 129 Å². The van der Waals surface area contributed by atoms with Gasteiger partial charge in [0.2, 0.25) is 24.4 Å². The predicted molar refractivity (Wildman–Crippen MR) is 272 cm³/mol. The van der Waals surface area contributed by atoms with Crippen LogP contribution in [0.25, 0.3) is 24.3 Å². The molecule has 0 aromatic heterocycles. The molecule has 0 radical (unpaired) electrons. The summed E-state index contributed by atoms with van der Waals surface area (Å²) in [5, 5.41) is 27.3. The highest BCUT2D eigenvalue weighted by molar-refractivity contribution is 6.33. The quantitative estimate of drug-likeness (QED) is 0.0998. The number of phenolic OH excluding ortho intramolecular Hbond substituents is 1. The van der Waals surface area contributed by atoms with E-state index in [1.54, 1.807) is 13.8 Å². The first-order valence-electron chi connectivity index (χ1n) is 23.5. The number of hydrogen-bond acceptors (Lipinski definition) is 13. The number of carbonyl (C=O) groups excluding carboxylic acids is 2. The zero-order valence-electron chi connectivity index (χ0n) is 42.7. The molecule has 456 valence electrons. The molecule has 4 aromatic carbocycles. The Balaban J connectivity index is 0.000000205. The number of phenols is 1. The summed E-state index contributed by atoms with van der Waals surface area (Å²) in [5.74, 6) is -7.87. The lowest BCUT2D eigenvalue weighted by molar-refractivity contribution is -0.188. The first kappa shape index (κ1) is 67.4. The zero-order chi connectivity index (χ0) is 63.1. The molecule has 4 atom stereocenters. The second kappa shape index (κ2) is 27.1. The highest BCUT2D eigenvalue weighted by atomic mass is 35.5. The minimum absolute atomic E-state index is 0.0541. The van der Waals surface area contributed by atoms with E-state index in [2.05, 4.69) is 9.47 Å². The smallest absolute Gasteiger partial charge is 0.430 e. The summed E-state index contributed by atoms with van der Waals surface area (Å²) >= 11 is 23.1. The Bertz CT molecular complexity index is 3300. The van der Waals surface area contributed by atoms with E-state index >= 15 is 0 Å². The lowest BCUT2D eigenvalue weighted by Crippen LogP contribution is -2.41. The SMILES string of the molecule is CCOC(=O)C1=Cc2c(ccc(Cl)c2F)OC1C(F)(F)F.CCOC(=O)C1=Cc2c(ccc(Cl)c2OCC)OC1C(F)(F)F.CCOc1c(Cl)ccc2c1C=C(C(=O)O)C(C(F)(F)F)O2.O=C(O)C1=Cc2c(ccc(Cl)c2O)OC1C(F)(F)F. The van der Waals surface area contributed by atoms with E-state index < -0.39 is 107 Å². The number of fused-ring (bicyclic) bond motifs is 4. The van der Waals surface area contributed by atoms with Crippen molar-refractivity contribution in [1.29, 1.82) is 0 Å². The monoisotopic (exact) mass is 1290 g/mol. The number of carboxylic acids is 2. The average Bonchev–Trinajstić information content (AvgIpc) is 1.38. The Morgan fingerprint density at radius 1 is 0.440 bits per heavy atom. The van der Waals surface area contributed by atoms with Gasteiger partial charge in [0.25, 0.3) is 0 Å². The highest BCUT2D eigenvalue weighted by Gasteiger charge is 2.52. The van der Waals surface area contributed by atoms with Crippen molar-refractivity contribution >= 4 is 94.6 Å². The number of aromatic hydroxyl groups is 1. The standard InChI is InChI=1S/C15H14ClF3O4.C13H9ClF4O3.C13H10ClF3O4.C11H6ClF3O4/c1-3-21-12-8-7-9(14(20)22-4-2)13(15(17,18)19)23-11(8)6-5-10(12)16;1-2-20-12(19)7-5-6-9(4-3-8(14)10(6)15)21-11(7)13(16,17)18;1-2-20-10-6-5-7(12(18)19)11(13(15,16)17)21-9(6)4-3-8(10)14;12-6-1-2-7-4(8(6)16)3-5(10(17)18)9(19-7)11(13,14)15/h5-7,13H,3-4H2,1-2H3;3-5,11H,2H2,1H3;3-5,11H,2H2,1H3,(H,18,19);1-3,9,16H,(H,17,18). The maximum atomic E-state index is 13.8. The summed E-state index contributed by atoms with van der Waals surface area (Å²) in [6, 6.07) is 9.73. The van der Waals surface area contributed by atoms with Gasteiger partial charge in [-0.2, -0.15) is 52.7 Å². The van der Waals surface area contributed by atoms with E-state index in [1.165, 1.54) is 38.1 Å². The molecule has 4 aromatic rings. The van der Waals surface area contributed by atoms with Crippen LogP contribution in [0, 0.1) is 5.82 Å². The Morgan fingerprint density at radius 3 is 1.06 bits per heavy atom. The van der Waals surface area contributed by atoms with Gasteiger partial charge in [0, 0.05) is 0 Å². The zero-order valence-corrected chi connectivity index (χ0v) is 45.8. The lowest BCUT2D eigenvalue weighted by atomic mass is 10.0. The Morgan fingerprint density at radius 2 is 0.726 bits per heavy atom. The second-order valence-electron chi connectivity index (χ2n) is 16.6.